The lowest BCUT2D eigenvalue weighted by Gasteiger charge is -2.22. The lowest BCUT2D eigenvalue weighted by Crippen LogP contribution is -2.39. The smallest absolute Gasteiger partial charge is 0.340 e. The Hall–Kier alpha value is -3.00. The highest BCUT2D eigenvalue weighted by atomic mass is 35.5. The van der Waals surface area contributed by atoms with E-state index in [9.17, 15) is 14.4 Å². The number of hydrogen-bond donors (Lipinski definition) is 2. The highest BCUT2D eigenvalue weighted by Crippen LogP contribution is 2.22. The van der Waals surface area contributed by atoms with Gasteiger partial charge >= 0.3 is 12.0 Å². The van der Waals surface area contributed by atoms with Gasteiger partial charge in [0, 0.05) is 42.6 Å². The molecule has 1 aromatic heterocycles. The van der Waals surface area contributed by atoms with Crippen LogP contribution in [0.1, 0.15) is 52.4 Å². The number of carbonyl (C=O) groups is 3. The normalized spacial score (nSPS) is 14.3. The van der Waals surface area contributed by atoms with Crippen molar-refractivity contribution in [2.24, 2.45) is 0 Å². The number of ether oxygens (including phenoxy) is 1. The number of esters is 1. The van der Waals surface area contributed by atoms with E-state index in [0.717, 1.165) is 0 Å². The molecule has 0 unspecified atom stereocenters. The maximum atomic E-state index is 13.2. The zero-order chi connectivity index (χ0) is 23.4. The molecule has 0 bridgehead atoms. The Labute approximate surface area is 192 Å². The van der Waals surface area contributed by atoms with Crippen molar-refractivity contribution in [1.29, 1.82) is 0 Å². The van der Waals surface area contributed by atoms with Gasteiger partial charge in [0.25, 0.3) is 5.91 Å². The first kappa shape index (κ1) is 23.7. The van der Waals surface area contributed by atoms with Gasteiger partial charge in [-0.05, 0) is 57.9 Å². The summed E-state index contributed by atoms with van der Waals surface area (Å²) < 4.78 is 5.31. The van der Waals surface area contributed by atoms with Crippen molar-refractivity contribution in [3.63, 3.8) is 0 Å². The Balaban J connectivity index is 1.67. The number of anilines is 1. The molecule has 2 heterocycles. The Kier molecular flexibility index (Phi) is 7.45. The molecule has 172 valence electrons. The van der Waals surface area contributed by atoms with Crippen molar-refractivity contribution in [3.05, 3.63) is 51.8 Å². The largest absolute Gasteiger partial charge is 0.459 e. The van der Waals surface area contributed by atoms with E-state index in [1.807, 2.05) is 0 Å². The summed E-state index contributed by atoms with van der Waals surface area (Å²) in [6.45, 7) is 8.92. The Morgan fingerprint density at radius 2 is 1.78 bits per heavy atom. The zero-order valence-electron chi connectivity index (χ0n) is 18.8. The minimum absolute atomic E-state index is 0.189. The lowest BCUT2D eigenvalue weighted by atomic mass is 10.1. The third-order valence-corrected chi connectivity index (χ3v) is 5.58. The number of aromatic nitrogens is 1. The van der Waals surface area contributed by atoms with E-state index in [0.29, 0.717) is 65.8 Å². The van der Waals surface area contributed by atoms with Crippen LogP contribution in [0, 0.1) is 13.8 Å². The molecule has 3 rings (SSSR count). The molecule has 8 nitrogen and oxygen atoms in total. The number of aromatic amines is 1. The molecule has 32 heavy (non-hydrogen) atoms. The number of H-pyrrole nitrogens is 1. The molecular weight excluding hydrogens is 432 g/mol. The number of carbonyl (C=O) groups excluding carboxylic acids is 3. The van der Waals surface area contributed by atoms with Crippen molar-refractivity contribution in [2.75, 3.05) is 31.5 Å². The Bertz CT molecular complexity index is 1020. The van der Waals surface area contributed by atoms with Crippen LogP contribution in [-0.2, 0) is 4.74 Å². The predicted molar refractivity (Wildman–Crippen MR) is 123 cm³/mol. The van der Waals surface area contributed by atoms with E-state index in [1.54, 1.807) is 61.8 Å². The van der Waals surface area contributed by atoms with Gasteiger partial charge in [-0.3, -0.25) is 4.79 Å². The quantitative estimate of drug-likeness (QED) is 0.667. The number of rotatable bonds is 4. The van der Waals surface area contributed by atoms with Crippen LogP contribution in [0.2, 0.25) is 5.02 Å². The predicted octanol–water partition coefficient (Wildman–Crippen LogP) is 4.23. The fourth-order valence-corrected chi connectivity index (χ4v) is 3.98. The molecule has 1 aromatic carbocycles. The molecule has 9 heteroatoms. The summed E-state index contributed by atoms with van der Waals surface area (Å²) in [5.41, 5.74) is 2.60. The average Bonchev–Trinajstić information content (AvgIpc) is 2.88. The second-order valence-electron chi connectivity index (χ2n) is 8.15. The number of urea groups is 1. The minimum atomic E-state index is -0.440. The van der Waals surface area contributed by atoms with Gasteiger partial charge < -0.3 is 24.8 Å². The first-order chi connectivity index (χ1) is 15.2. The number of aryl methyl sites for hydroxylation is 1. The molecule has 0 radical (unpaired) electrons. The average molecular weight is 461 g/mol. The van der Waals surface area contributed by atoms with Crippen molar-refractivity contribution in [2.45, 2.75) is 40.2 Å². The third kappa shape index (κ3) is 5.43. The van der Waals surface area contributed by atoms with E-state index >= 15 is 0 Å². The molecule has 2 N–H and O–H groups in total. The molecule has 2 aromatic rings. The maximum absolute atomic E-state index is 13.2. The van der Waals surface area contributed by atoms with E-state index in [1.165, 1.54) is 0 Å². The summed E-state index contributed by atoms with van der Waals surface area (Å²) in [7, 11) is 0. The number of nitrogens with one attached hydrogen (secondary N) is 2. The SMILES string of the molecule is Cc1[nH]c(C(=O)N2CCCN(C(=O)Nc3cccc(Cl)c3)CC2)c(C)c1C(=O)OC(C)C. The summed E-state index contributed by atoms with van der Waals surface area (Å²) in [5, 5.41) is 3.39. The molecule has 0 atom stereocenters. The highest BCUT2D eigenvalue weighted by molar-refractivity contribution is 6.30. The van der Waals surface area contributed by atoms with Crippen LogP contribution in [-0.4, -0.2) is 65.0 Å². The van der Waals surface area contributed by atoms with Crippen LogP contribution >= 0.6 is 11.6 Å². The van der Waals surface area contributed by atoms with Crippen LogP contribution in [0.4, 0.5) is 10.5 Å². The zero-order valence-corrected chi connectivity index (χ0v) is 19.6. The number of nitrogens with zero attached hydrogens (tertiary/aromatic N) is 2. The lowest BCUT2D eigenvalue weighted by molar-refractivity contribution is 0.0376. The first-order valence-electron chi connectivity index (χ1n) is 10.7. The van der Waals surface area contributed by atoms with E-state index in [-0.39, 0.29) is 18.0 Å². The van der Waals surface area contributed by atoms with Gasteiger partial charge in [-0.2, -0.15) is 0 Å². The third-order valence-electron chi connectivity index (χ3n) is 5.34. The molecule has 1 aliphatic rings. The number of hydrogen-bond acceptors (Lipinski definition) is 4. The summed E-state index contributed by atoms with van der Waals surface area (Å²) in [6.07, 6.45) is 0.403. The van der Waals surface area contributed by atoms with E-state index < -0.39 is 5.97 Å². The van der Waals surface area contributed by atoms with Gasteiger partial charge in [0.05, 0.1) is 11.7 Å². The fourth-order valence-electron chi connectivity index (χ4n) is 3.79. The van der Waals surface area contributed by atoms with Gasteiger partial charge in [-0.15, -0.1) is 0 Å². The monoisotopic (exact) mass is 460 g/mol. The molecule has 3 amide bonds. The van der Waals surface area contributed by atoms with Gasteiger partial charge in [-0.25, -0.2) is 9.59 Å². The Morgan fingerprint density at radius 3 is 2.47 bits per heavy atom. The topological polar surface area (TPSA) is 94.7 Å². The molecular formula is C23H29ClN4O4. The second kappa shape index (κ2) is 10.1. The number of amides is 3. The van der Waals surface area contributed by atoms with Gasteiger partial charge in [-0.1, -0.05) is 17.7 Å². The van der Waals surface area contributed by atoms with Gasteiger partial charge in [0.1, 0.15) is 5.69 Å². The molecule has 1 fully saturated rings. The fraction of sp³-hybridized carbons (Fsp3) is 0.435. The molecule has 0 spiro atoms. The van der Waals surface area contributed by atoms with Crippen molar-refractivity contribution < 1.29 is 19.1 Å². The van der Waals surface area contributed by atoms with Crippen LogP contribution < -0.4 is 5.32 Å². The Morgan fingerprint density at radius 1 is 1.09 bits per heavy atom. The maximum Gasteiger partial charge on any atom is 0.340 e. The van der Waals surface area contributed by atoms with Crippen LogP contribution in [0.25, 0.3) is 0 Å². The summed E-state index contributed by atoms with van der Waals surface area (Å²) >= 11 is 5.98. The standard InChI is InChI=1S/C23H29ClN4O4/c1-14(2)32-22(30)19-15(3)20(25-16(19)4)21(29)27-9-6-10-28(12-11-27)23(31)26-18-8-5-7-17(24)13-18/h5,7-8,13-14,25H,6,9-12H2,1-4H3,(H,26,31). The highest BCUT2D eigenvalue weighted by Gasteiger charge is 2.28. The van der Waals surface area contributed by atoms with Gasteiger partial charge in [0.2, 0.25) is 0 Å². The second-order valence-corrected chi connectivity index (χ2v) is 8.59. The van der Waals surface area contributed by atoms with Crippen molar-refractivity contribution >= 4 is 35.2 Å². The number of halogens is 1. The summed E-state index contributed by atoms with van der Waals surface area (Å²) in [6, 6.07) is 6.74. The number of benzene rings is 1. The molecule has 0 aliphatic carbocycles. The van der Waals surface area contributed by atoms with Crippen molar-refractivity contribution in [1.82, 2.24) is 14.8 Å². The molecule has 1 saturated heterocycles. The van der Waals surface area contributed by atoms with E-state index in [2.05, 4.69) is 10.3 Å². The van der Waals surface area contributed by atoms with E-state index in [4.69, 9.17) is 16.3 Å². The van der Waals surface area contributed by atoms with Gasteiger partial charge in [0.15, 0.2) is 0 Å². The van der Waals surface area contributed by atoms with Crippen LogP contribution in [0.5, 0.6) is 0 Å². The molecule has 1 aliphatic heterocycles. The van der Waals surface area contributed by atoms with Crippen LogP contribution in [0.15, 0.2) is 24.3 Å². The molecule has 0 saturated carbocycles. The van der Waals surface area contributed by atoms with Crippen molar-refractivity contribution in [3.8, 4) is 0 Å². The summed E-state index contributed by atoms with van der Waals surface area (Å²) in [4.78, 5) is 44.7. The summed E-state index contributed by atoms with van der Waals surface area (Å²) in [5.74, 6) is -0.628. The first-order valence-corrected chi connectivity index (χ1v) is 11.1. The minimum Gasteiger partial charge on any atom is -0.459 e. The van der Waals surface area contributed by atoms with Crippen LogP contribution in [0.3, 0.4) is 0 Å².